The summed E-state index contributed by atoms with van der Waals surface area (Å²) in [6, 6.07) is 8.68. The molecule has 8 heteroatoms. The number of rotatable bonds is 2. The second-order valence-electron chi connectivity index (χ2n) is 6.00. The molecule has 0 fully saturated rings. The van der Waals surface area contributed by atoms with Gasteiger partial charge in [-0.25, -0.2) is 13.4 Å². The first kappa shape index (κ1) is 15.8. The van der Waals surface area contributed by atoms with Gasteiger partial charge in [-0.3, -0.25) is 4.31 Å². The van der Waals surface area contributed by atoms with Crippen LogP contribution in [0.1, 0.15) is 11.3 Å². The van der Waals surface area contributed by atoms with E-state index in [9.17, 15) is 18.7 Å². The maximum Gasteiger partial charge on any atom is 0.239 e. The maximum absolute atomic E-state index is 12.0. The fourth-order valence-electron chi connectivity index (χ4n) is 3.11. The Morgan fingerprint density at radius 1 is 1.28 bits per heavy atom. The largest absolute Gasteiger partial charge is 0.619 e. The smallest absolute Gasteiger partial charge is 0.239 e. The van der Waals surface area contributed by atoms with Crippen molar-refractivity contribution in [1.82, 2.24) is 4.98 Å². The molecular formula is C17H15N3O4S. The van der Waals surface area contributed by atoms with Crippen LogP contribution in [0.25, 0.3) is 22.0 Å². The third-order valence-corrected chi connectivity index (χ3v) is 6.12. The predicted octanol–water partition coefficient (Wildman–Crippen LogP) is 1.31. The third kappa shape index (κ3) is 2.50. The second-order valence-corrected chi connectivity index (χ2v) is 8.00. The van der Waals surface area contributed by atoms with E-state index in [2.05, 4.69) is 4.98 Å². The van der Waals surface area contributed by atoms with Gasteiger partial charge in [0.2, 0.25) is 10.0 Å². The van der Waals surface area contributed by atoms with Crippen molar-refractivity contribution >= 4 is 26.6 Å². The molecule has 0 spiro atoms. The highest BCUT2D eigenvalue weighted by Crippen LogP contribution is 2.36. The zero-order valence-electron chi connectivity index (χ0n) is 13.4. The van der Waals surface area contributed by atoms with Crippen LogP contribution in [0.5, 0.6) is 0 Å². The van der Waals surface area contributed by atoms with Gasteiger partial charge >= 0.3 is 0 Å². The molecule has 0 aliphatic carbocycles. The van der Waals surface area contributed by atoms with Crippen molar-refractivity contribution in [2.24, 2.45) is 0 Å². The molecule has 0 saturated heterocycles. The van der Waals surface area contributed by atoms with Crippen LogP contribution in [0.3, 0.4) is 0 Å². The number of aliphatic hydroxyl groups excluding tert-OH is 1. The van der Waals surface area contributed by atoms with Crippen LogP contribution in [-0.4, -0.2) is 25.6 Å². The number of sulfonamides is 1. The SMILES string of the molecule is CN1c2ccc(-c3c[n+]([O-])cc4ccc(CO)nc34)cc2CS1(=O)=O. The molecule has 7 nitrogen and oxygen atoms in total. The zero-order chi connectivity index (χ0) is 17.8. The van der Waals surface area contributed by atoms with Gasteiger partial charge in [-0.15, -0.1) is 0 Å². The lowest BCUT2D eigenvalue weighted by molar-refractivity contribution is -0.603. The van der Waals surface area contributed by atoms with Gasteiger partial charge in [0, 0.05) is 7.05 Å². The number of pyridine rings is 2. The van der Waals surface area contributed by atoms with Crippen LogP contribution in [0.2, 0.25) is 0 Å². The molecule has 4 rings (SSSR count). The average molecular weight is 357 g/mol. The Labute approximate surface area is 144 Å². The molecule has 0 radical (unpaired) electrons. The number of hydrogen-bond acceptors (Lipinski definition) is 5. The molecule has 0 saturated carbocycles. The van der Waals surface area contributed by atoms with Crippen LogP contribution < -0.4 is 9.04 Å². The fourth-order valence-corrected chi connectivity index (χ4v) is 4.41. The molecule has 128 valence electrons. The van der Waals surface area contributed by atoms with Crippen molar-refractivity contribution < 1.29 is 18.3 Å². The van der Waals surface area contributed by atoms with Gasteiger partial charge < -0.3 is 10.3 Å². The Balaban J connectivity index is 1.94. The summed E-state index contributed by atoms with van der Waals surface area (Å²) < 4.78 is 26.1. The molecule has 0 unspecified atom stereocenters. The van der Waals surface area contributed by atoms with Gasteiger partial charge in [0.05, 0.1) is 40.2 Å². The Bertz CT molecular complexity index is 1110. The van der Waals surface area contributed by atoms with E-state index in [0.29, 0.717) is 43.7 Å². The first-order valence-corrected chi connectivity index (χ1v) is 9.23. The van der Waals surface area contributed by atoms with E-state index in [-0.39, 0.29) is 12.4 Å². The molecule has 1 N–H and O–H groups in total. The van der Waals surface area contributed by atoms with E-state index in [0.717, 1.165) is 0 Å². The molecule has 2 aromatic heterocycles. The van der Waals surface area contributed by atoms with Crippen LogP contribution in [0.15, 0.2) is 42.7 Å². The number of anilines is 1. The molecule has 0 bridgehead atoms. The average Bonchev–Trinajstić information content (AvgIpc) is 2.82. The van der Waals surface area contributed by atoms with E-state index in [1.807, 2.05) is 0 Å². The topological polar surface area (TPSA) is 97.4 Å². The van der Waals surface area contributed by atoms with E-state index < -0.39 is 10.0 Å². The first-order valence-electron chi connectivity index (χ1n) is 7.62. The van der Waals surface area contributed by atoms with Gasteiger partial charge in [-0.2, -0.15) is 4.73 Å². The summed E-state index contributed by atoms with van der Waals surface area (Å²) in [6.07, 6.45) is 2.82. The standard InChI is InChI=1S/C17H15N3O4S/c1-19-16-5-3-11(6-13(16)10-25(19,23)24)15-8-20(22)7-12-2-4-14(9-21)18-17(12)15/h2-8,21H,9-10H2,1H3. The number of aliphatic hydroxyl groups is 1. The second kappa shape index (κ2) is 5.40. The van der Waals surface area contributed by atoms with Gasteiger partial charge in [-0.1, -0.05) is 6.07 Å². The third-order valence-electron chi connectivity index (χ3n) is 4.41. The van der Waals surface area contributed by atoms with Crippen molar-refractivity contribution in [3.63, 3.8) is 0 Å². The molecule has 25 heavy (non-hydrogen) atoms. The summed E-state index contributed by atoms with van der Waals surface area (Å²) in [5, 5.41) is 21.9. The quantitative estimate of drug-likeness (QED) is 0.551. The number of hydrogen-bond donors (Lipinski definition) is 1. The monoisotopic (exact) mass is 357 g/mol. The molecule has 1 aromatic carbocycles. The maximum atomic E-state index is 12.0. The molecule has 0 amide bonds. The molecule has 1 aliphatic heterocycles. The zero-order valence-corrected chi connectivity index (χ0v) is 14.2. The Hall–Kier alpha value is -2.71. The number of fused-ring (bicyclic) bond motifs is 2. The Kier molecular flexibility index (Phi) is 3.41. The van der Waals surface area contributed by atoms with Crippen LogP contribution in [0, 0.1) is 5.21 Å². The summed E-state index contributed by atoms with van der Waals surface area (Å²) >= 11 is 0. The first-order chi connectivity index (χ1) is 11.9. The number of aromatic nitrogens is 2. The highest BCUT2D eigenvalue weighted by molar-refractivity contribution is 7.92. The lowest BCUT2D eigenvalue weighted by Gasteiger charge is -2.12. The van der Waals surface area contributed by atoms with Crippen LogP contribution in [0.4, 0.5) is 5.69 Å². The van der Waals surface area contributed by atoms with Gasteiger partial charge in [0.1, 0.15) is 0 Å². The van der Waals surface area contributed by atoms with Crippen molar-refractivity contribution in [3.05, 3.63) is 59.2 Å². The minimum absolute atomic E-state index is 0.0653. The highest BCUT2D eigenvalue weighted by atomic mass is 32.2. The van der Waals surface area contributed by atoms with Gasteiger partial charge in [0.25, 0.3) is 0 Å². The Morgan fingerprint density at radius 3 is 2.84 bits per heavy atom. The van der Waals surface area contributed by atoms with Crippen LogP contribution in [-0.2, 0) is 22.4 Å². The highest BCUT2D eigenvalue weighted by Gasteiger charge is 2.30. The van der Waals surface area contributed by atoms with Crippen molar-refractivity contribution in [3.8, 4) is 11.1 Å². The molecule has 3 heterocycles. The van der Waals surface area contributed by atoms with E-state index in [1.165, 1.54) is 23.7 Å². The molecule has 3 aromatic rings. The van der Waals surface area contributed by atoms with Gasteiger partial charge in [0.15, 0.2) is 12.4 Å². The summed E-state index contributed by atoms with van der Waals surface area (Å²) in [5.74, 6) is -0.0653. The fraction of sp³-hybridized carbons (Fsp3) is 0.176. The van der Waals surface area contributed by atoms with Crippen molar-refractivity contribution in [2.45, 2.75) is 12.4 Å². The summed E-state index contributed by atoms with van der Waals surface area (Å²) in [4.78, 5) is 4.42. The lowest BCUT2D eigenvalue weighted by Crippen LogP contribution is -2.25. The normalized spacial score (nSPS) is 15.5. The van der Waals surface area contributed by atoms with E-state index >= 15 is 0 Å². The predicted molar refractivity (Wildman–Crippen MR) is 93.1 cm³/mol. The molecule has 0 atom stereocenters. The van der Waals surface area contributed by atoms with E-state index in [1.54, 1.807) is 30.3 Å². The van der Waals surface area contributed by atoms with Crippen molar-refractivity contribution in [1.29, 1.82) is 0 Å². The number of nitrogens with zero attached hydrogens (tertiary/aromatic N) is 3. The Morgan fingerprint density at radius 2 is 2.08 bits per heavy atom. The minimum atomic E-state index is -3.33. The van der Waals surface area contributed by atoms with Crippen molar-refractivity contribution in [2.75, 3.05) is 11.4 Å². The lowest BCUT2D eigenvalue weighted by atomic mass is 10.0. The van der Waals surface area contributed by atoms with Gasteiger partial charge in [-0.05, 0) is 35.4 Å². The van der Waals surface area contributed by atoms with Crippen LogP contribution >= 0.6 is 0 Å². The summed E-state index contributed by atoms with van der Waals surface area (Å²) in [6.45, 7) is -0.200. The summed E-state index contributed by atoms with van der Waals surface area (Å²) in [5.41, 5.74) is 3.73. The van der Waals surface area contributed by atoms with E-state index in [4.69, 9.17) is 0 Å². The minimum Gasteiger partial charge on any atom is -0.619 e. The number of benzene rings is 1. The molecule has 1 aliphatic rings. The molecular weight excluding hydrogens is 342 g/mol. The summed E-state index contributed by atoms with van der Waals surface area (Å²) in [7, 11) is -1.80.